The van der Waals surface area contributed by atoms with E-state index >= 15 is 0 Å². The molecule has 0 saturated heterocycles. The molecule has 0 atom stereocenters. The van der Waals surface area contributed by atoms with E-state index in [1.54, 1.807) is 12.1 Å². The minimum absolute atomic E-state index is 0.00331. The van der Waals surface area contributed by atoms with Crippen LogP contribution in [0.3, 0.4) is 0 Å². The summed E-state index contributed by atoms with van der Waals surface area (Å²) in [6, 6.07) is 13.8. The maximum atomic E-state index is 13.1. The molecule has 0 aliphatic rings. The third-order valence-corrected chi connectivity index (χ3v) is 6.19. The topological polar surface area (TPSA) is 81.9 Å². The van der Waals surface area contributed by atoms with Crippen LogP contribution in [0.4, 0.5) is 23.1 Å². The molecule has 1 N–H and O–H groups in total. The SMILES string of the molecule is CN(Cc1ccccc1C(F)(F)F)C(=O)Nc1nnc(SCc2ccc(C#N)cc2)s1. The first-order valence-corrected chi connectivity index (χ1v) is 10.7. The highest BCUT2D eigenvalue weighted by Crippen LogP contribution is 2.32. The second-order valence-corrected chi connectivity index (χ2v) is 8.61. The molecule has 1 aromatic heterocycles. The van der Waals surface area contributed by atoms with Crippen molar-refractivity contribution in [1.29, 1.82) is 5.26 Å². The number of halogens is 3. The first-order chi connectivity index (χ1) is 14.8. The molecule has 2 aromatic carbocycles. The highest BCUT2D eigenvalue weighted by Gasteiger charge is 2.33. The molecule has 0 saturated carbocycles. The number of thioether (sulfide) groups is 1. The zero-order valence-electron chi connectivity index (χ0n) is 16.2. The number of anilines is 1. The molecule has 31 heavy (non-hydrogen) atoms. The summed E-state index contributed by atoms with van der Waals surface area (Å²) in [7, 11) is 1.41. The van der Waals surface area contributed by atoms with Crippen molar-refractivity contribution in [3.63, 3.8) is 0 Å². The first-order valence-electron chi connectivity index (χ1n) is 8.89. The van der Waals surface area contributed by atoms with Crippen LogP contribution in [-0.4, -0.2) is 28.2 Å². The van der Waals surface area contributed by atoms with Crippen LogP contribution in [0, 0.1) is 11.3 Å². The predicted molar refractivity (Wildman–Crippen MR) is 113 cm³/mol. The lowest BCUT2D eigenvalue weighted by atomic mass is 10.1. The third kappa shape index (κ3) is 6.19. The maximum absolute atomic E-state index is 13.1. The van der Waals surface area contributed by atoms with E-state index in [1.165, 1.54) is 48.3 Å². The fraction of sp³-hybridized carbons (Fsp3) is 0.200. The lowest BCUT2D eigenvalue weighted by Gasteiger charge is -2.19. The van der Waals surface area contributed by atoms with E-state index in [-0.39, 0.29) is 17.2 Å². The molecule has 0 bridgehead atoms. The van der Waals surface area contributed by atoms with Crippen LogP contribution in [0.1, 0.15) is 22.3 Å². The van der Waals surface area contributed by atoms with Gasteiger partial charge in [0, 0.05) is 19.3 Å². The Labute approximate surface area is 184 Å². The van der Waals surface area contributed by atoms with Gasteiger partial charge in [0.2, 0.25) is 5.13 Å². The molecule has 3 rings (SSSR count). The van der Waals surface area contributed by atoms with Crippen molar-refractivity contribution < 1.29 is 18.0 Å². The Morgan fingerprint density at radius 3 is 2.58 bits per heavy atom. The summed E-state index contributed by atoms with van der Waals surface area (Å²) < 4.78 is 40.0. The van der Waals surface area contributed by atoms with Gasteiger partial charge >= 0.3 is 12.2 Å². The molecule has 3 aromatic rings. The second-order valence-electron chi connectivity index (χ2n) is 6.41. The van der Waals surface area contributed by atoms with Gasteiger partial charge in [0.1, 0.15) is 0 Å². The average molecular weight is 464 g/mol. The average Bonchev–Trinajstić information content (AvgIpc) is 3.19. The number of nitrogens with one attached hydrogen (secondary N) is 1. The molecular formula is C20H16F3N5OS2. The van der Waals surface area contributed by atoms with E-state index in [1.807, 2.05) is 12.1 Å². The molecule has 1 heterocycles. The minimum Gasteiger partial charge on any atom is -0.323 e. The van der Waals surface area contributed by atoms with Gasteiger partial charge < -0.3 is 4.90 Å². The number of benzene rings is 2. The molecule has 160 valence electrons. The Hall–Kier alpha value is -3.10. The molecule has 0 fully saturated rings. The standard InChI is InChI=1S/C20H16F3N5OS2/c1-28(11-15-4-2-3-5-16(15)20(21,22)23)18(29)25-17-26-27-19(31-17)30-12-14-8-6-13(10-24)7-9-14/h2-9H,11-12H2,1H3,(H,25,26,29). The number of nitrogens with zero attached hydrogens (tertiary/aromatic N) is 4. The molecule has 0 spiro atoms. The van der Waals surface area contributed by atoms with Crippen LogP contribution in [0.15, 0.2) is 52.9 Å². The Balaban J connectivity index is 1.56. The summed E-state index contributed by atoms with van der Waals surface area (Å²) in [6.45, 7) is -0.208. The van der Waals surface area contributed by atoms with E-state index in [9.17, 15) is 18.0 Å². The first kappa shape index (κ1) is 22.6. The molecule has 0 aliphatic carbocycles. The lowest BCUT2D eigenvalue weighted by molar-refractivity contribution is -0.138. The highest BCUT2D eigenvalue weighted by molar-refractivity contribution is 8.00. The van der Waals surface area contributed by atoms with Crippen LogP contribution < -0.4 is 5.32 Å². The van der Waals surface area contributed by atoms with Crippen molar-refractivity contribution in [3.05, 3.63) is 70.8 Å². The molecule has 0 unspecified atom stereocenters. The van der Waals surface area contributed by atoms with E-state index in [2.05, 4.69) is 21.6 Å². The summed E-state index contributed by atoms with van der Waals surface area (Å²) >= 11 is 2.59. The smallest absolute Gasteiger partial charge is 0.323 e. The Kier molecular flexibility index (Phi) is 7.14. The summed E-state index contributed by atoms with van der Waals surface area (Å²) in [4.78, 5) is 13.5. The van der Waals surface area contributed by atoms with Crippen molar-refractivity contribution in [2.24, 2.45) is 0 Å². The summed E-state index contributed by atoms with van der Waals surface area (Å²) in [5.74, 6) is 0.614. The molecule has 0 radical (unpaired) electrons. The van der Waals surface area contributed by atoms with Crippen molar-refractivity contribution in [3.8, 4) is 6.07 Å². The zero-order chi connectivity index (χ0) is 22.4. The number of hydrogen-bond donors (Lipinski definition) is 1. The van der Waals surface area contributed by atoms with Gasteiger partial charge in [-0.1, -0.05) is 53.4 Å². The molecule has 0 aliphatic heterocycles. The van der Waals surface area contributed by atoms with Crippen molar-refractivity contribution in [1.82, 2.24) is 15.1 Å². The maximum Gasteiger partial charge on any atom is 0.416 e. The van der Waals surface area contributed by atoms with Gasteiger partial charge in [-0.25, -0.2) is 4.79 Å². The number of rotatable bonds is 6. The van der Waals surface area contributed by atoms with Gasteiger partial charge in [-0.3, -0.25) is 5.32 Å². The van der Waals surface area contributed by atoms with Crippen molar-refractivity contribution in [2.45, 2.75) is 22.8 Å². The van der Waals surface area contributed by atoms with E-state index in [0.717, 1.165) is 16.5 Å². The number of carbonyl (C=O) groups is 1. The number of aromatic nitrogens is 2. The largest absolute Gasteiger partial charge is 0.416 e. The molecule has 2 amide bonds. The lowest BCUT2D eigenvalue weighted by Crippen LogP contribution is -2.31. The minimum atomic E-state index is -4.49. The molecule has 6 nitrogen and oxygen atoms in total. The zero-order valence-corrected chi connectivity index (χ0v) is 17.8. The fourth-order valence-corrected chi connectivity index (χ4v) is 4.29. The summed E-state index contributed by atoms with van der Waals surface area (Å²) in [5.41, 5.74) is 0.820. The number of nitriles is 1. The normalized spacial score (nSPS) is 11.1. The quantitative estimate of drug-likeness (QED) is 0.392. The van der Waals surface area contributed by atoms with Crippen LogP contribution >= 0.6 is 23.1 Å². The van der Waals surface area contributed by atoms with E-state index < -0.39 is 17.8 Å². The number of alkyl halides is 3. The highest BCUT2D eigenvalue weighted by atomic mass is 32.2. The number of hydrogen-bond acceptors (Lipinski definition) is 6. The van der Waals surface area contributed by atoms with E-state index in [0.29, 0.717) is 15.7 Å². The third-order valence-electron chi connectivity index (χ3n) is 4.14. The Morgan fingerprint density at radius 2 is 1.90 bits per heavy atom. The Morgan fingerprint density at radius 1 is 1.19 bits per heavy atom. The Bertz CT molecular complexity index is 1090. The van der Waals surface area contributed by atoms with Gasteiger partial charge in [-0.15, -0.1) is 10.2 Å². The van der Waals surface area contributed by atoms with Crippen molar-refractivity contribution in [2.75, 3.05) is 12.4 Å². The van der Waals surface area contributed by atoms with Crippen molar-refractivity contribution >= 4 is 34.3 Å². The number of amides is 2. The molecule has 11 heteroatoms. The van der Waals surface area contributed by atoms with E-state index in [4.69, 9.17) is 5.26 Å². The van der Waals surface area contributed by atoms with Gasteiger partial charge in [0.05, 0.1) is 17.2 Å². The summed E-state index contributed by atoms with van der Waals surface area (Å²) in [6.07, 6.45) is -4.49. The second kappa shape index (κ2) is 9.80. The number of carbonyl (C=O) groups excluding carboxylic acids is 1. The van der Waals surface area contributed by atoms with Crippen LogP contribution in [-0.2, 0) is 18.5 Å². The van der Waals surface area contributed by atoms with Crippen LogP contribution in [0.2, 0.25) is 0 Å². The van der Waals surface area contributed by atoms with Gasteiger partial charge in [-0.2, -0.15) is 18.4 Å². The van der Waals surface area contributed by atoms with Crippen LogP contribution in [0.25, 0.3) is 0 Å². The predicted octanol–water partition coefficient (Wildman–Crippen LogP) is 5.38. The van der Waals surface area contributed by atoms with Gasteiger partial charge in [-0.05, 0) is 29.3 Å². The fourth-order valence-electron chi connectivity index (χ4n) is 2.59. The van der Waals surface area contributed by atoms with Gasteiger partial charge in [0.15, 0.2) is 4.34 Å². The molecular weight excluding hydrogens is 447 g/mol. The summed E-state index contributed by atoms with van der Waals surface area (Å²) in [5, 5.41) is 19.5. The monoisotopic (exact) mass is 463 g/mol. The number of urea groups is 1. The van der Waals surface area contributed by atoms with Crippen LogP contribution in [0.5, 0.6) is 0 Å². The van der Waals surface area contributed by atoms with Gasteiger partial charge in [0.25, 0.3) is 0 Å².